The Bertz CT molecular complexity index is 224. The van der Waals surface area contributed by atoms with Crippen LogP contribution in [0.4, 0.5) is 4.79 Å². The summed E-state index contributed by atoms with van der Waals surface area (Å²) in [6.45, 7) is 4.18. The smallest absolute Gasteiger partial charge is 0.317 e. The minimum Gasteiger partial charge on any atom is -0.335 e. The first-order valence-corrected chi connectivity index (χ1v) is 6.31. The molecule has 1 aliphatic carbocycles. The standard InChI is InChI=1S/C12H22N2O/c1-10-5-6-11(9-10)13-12(15)14-7-3-2-4-8-14/h10-11H,2-9H2,1H3,(H,13,15). The van der Waals surface area contributed by atoms with E-state index in [-0.39, 0.29) is 6.03 Å². The number of hydrogen-bond donors (Lipinski definition) is 1. The number of nitrogens with one attached hydrogen (secondary N) is 1. The first kappa shape index (κ1) is 10.8. The highest BCUT2D eigenvalue weighted by atomic mass is 16.2. The SMILES string of the molecule is CC1CCC(NC(=O)N2CCCCC2)C1. The van der Waals surface area contributed by atoms with Gasteiger partial charge in [0.1, 0.15) is 0 Å². The van der Waals surface area contributed by atoms with Gasteiger partial charge in [-0.15, -0.1) is 0 Å². The van der Waals surface area contributed by atoms with E-state index in [1.807, 2.05) is 4.90 Å². The molecule has 0 bridgehead atoms. The van der Waals surface area contributed by atoms with E-state index < -0.39 is 0 Å². The highest BCUT2D eigenvalue weighted by Crippen LogP contribution is 2.24. The van der Waals surface area contributed by atoms with Crippen molar-refractivity contribution in [1.29, 1.82) is 0 Å². The summed E-state index contributed by atoms with van der Waals surface area (Å²) in [6.07, 6.45) is 7.23. The van der Waals surface area contributed by atoms with Gasteiger partial charge in [-0.1, -0.05) is 6.92 Å². The molecule has 0 aromatic rings. The summed E-state index contributed by atoms with van der Waals surface area (Å²) in [4.78, 5) is 13.9. The Labute approximate surface area is 92.2 Å². The van der Waals surface area contributed by atoms with Crippen molar-refractivity contribution in [3.63, 3.8) is 0 Å². The van der Waals surface area contributed by atoms with Crippen molar-refractivity contribution < 1.29 is 4.79 Å². The molecule has 3 nitrogen and oxygen atoms in total. The Morgan fingerprint density at radius 1 is 1.20 bits per heavy atom. The first-order chi connectivity index (χ1) is 7.25. The fourth-order valence-corrected chi connectivity index (χ4v) is 2.70. The summed E-state index contributed by atoms with van der Waals surface area (Å²) in [5.41, 5.74) is 0. The minimum absolute atomic E-state index is 0.175. The Balaban J connectivity index is 1.76. The van der Waals surface area contributed by atoms with Crippen molar-refractivity contribution in [3.8, 4) is 0 Å². The number of amides is 2. The zero-order valence-electron chi connectivity index (χ0n) is 9.67. The maximum atomic E-state index is 11.9. The van der Waals surface area contributed by atoms with Crippen molar-refractivity contribution in [1.82, 2.24) is 10.2 Å². The van der Waals surface area contributed by atoms with Gasteiger partial charge in [0.05, 0.1) is 0 Å². The van der Waals surface area contributed by atoms with Gasteiger partial charge in [0.2, 0.25) is 0 Å². The van der Waals surface area contributed by atoms with Crippen LogP contribution in [0.2, 0.25) is 0 Å². The fraction of sp³-hybridized carbons (Fsp3) is 0.917. The van der Waals surface area contributed by atoms with Crippen LogP contribution in [0.5, 0.6) is 0 Å². The van der Waals surface area contributed by atoms with Gasteiger partial charge in [-0.2, -0.15) is 0 Å². The molecular formula is C12H22N2O. The number of urea groups is 1. The molecule has 1 N–H and O–H groups in total. The summed E-state index contributed by atoms with van der Waals surface area (Å²) in [7, 11) is 0. The summed E-state index contributed by atoms with van der Waals surface area (Å²) in [5, 5.41) is 3.17. The molecule has 2 atom stereocenters. The van der Waals surface area contributed by atoms with Gasteiger partial charge >= 0.3 is 6.03 Å². The zero-order chi connectivity index (χ0) is 10.7. The maximum Gasteiger partial charge on any atom is 0.317 e. The summed E-state index contributed by atoms with van der Waals surface area (Å²) < 4.78 is 0. The lowest BCUT2D eigenvalue weighted by atomic mass is 10.1. The van der Waals surface area contributed by atoms with Gasteiger partial charge in [0, 0.05) is 19.1 Å². The Hall–Kier alpha value is -0.730. The fourth-order valence-electron chi connectivity index (χ4n) is 2.70. The van der Waals surface area contributed by atoms with Crippen LogP contribution < -0.4 is 5.32 Å². The summed E-state index contributed by atoms with van der Waals surface area (Å²) in [6, 6.07) is 0.614. The normalized spacial score (nSPS) is 31.7. The van der Waals surface area contributed by atoms with Crippen molar-refractivity contribution >= 4 is 6.03 Å². The monoisotopic (exact) mass is 210 g/mol. The molecule has 2 aliphatic rings. The van der Waals surface area contributed by atoms with Crippen molar-refractivity contribution in [3.05, 3.63) is 0 Å². The molecule has 2 rings (SSSR count). The molecule has 0 spiro atoms. The van der Waals surface area contributed by atoms with Crippen LogP contribution in [0.25, 0.3) is 0 Å². The second-order valence-electron chi connectivity index (χ2n) is 5.11. The molecule has 1 heterocycles. The molecule has 1 aliphatic heterocycles. The number of rotatable bonds is 1. The summed E-state index contributed by atoms with van der Waals surface area (Å²) >= 11 is 0. The van der Waals surface area contributed by atoms with Crippen LogP contribution in [-0.4, -0.2) is 30.1 Å². The second kappa shape index (κ2) is 4.86. The van der Waals surface area contributed by atoms with Gasteiger partial charge in [-0.25, -0.2) is 4.79 Å². The van der Waals surface area contributed by atoms with E-state index >= 15 is 0 Å². The van der Waals surface area contributed by atoms with E-state index in [0.29, 0.717) is 6.04 Å². The van der Waals surface area contributed by atoms with Crippen LogP contribution in [0.1, 0.15) is 45.4 Å². The highest BCUT2D eigenvalue weighted by molar-refractivity contribution is 5.74. The lowest BCUT2D eigenvalue weighted by molar-refractivity contribution is 0.182. The molecule has 1 saturated carbocycles. The van der Waals surface area contributed by atoms with Crippen molar-refractivity contribution in [2.75, 3.05) is 13.1 Å². The zero-order valence-corrected chi connectivity index (χ0v) is 9.67. The lowest BCUT2D eigenvalue weighted by Crippen LogP contribution is -2.46. The van der Waals surface area contributed by atoms with Gasteiger partial charge in [0.25, 0.3) is 0 Å². The largest absolute Gasteiger partial charge is 0.335 e. The number of nitrogens with zero attached hydrogens (tertiary/aromatic N) is 1. The van der Waals surface area contributed by atoms with E-state index in [0.717, 1.165) is 19.0 Å². The van der Waals surface area contributed by atoms with Crippen LogP contribution in [0.15, 0.2) is 0 Å². The van der Waals surface area contributed by atoms with Crippen LogP contribution in [-0.2, 0) is 0 Å². The Kier molecular flexibility index (Phi) is 3.49. The molecule has 1 saturated heterocycles. The third-order valence-electron chi connectivity index (χ3n) is 3.67. The van der Waals surface area contributed by atoms with Crippen molar-refractivity contribution in [2.45, 2.75) is 51.5 Å². The number of likely N-dealkylation sites (tertiary alicyclic amines) is 1. The third-order valence-corrected chi connectivity index (χ3v) is 3.67. The Morgan fingerprint density at radius 3 is 2.53 bits per heavy atom. The number of carbonyl (C=O) groups excluding carboxylic acids is 1. The lowest BCUT2D eigenvalue weighted by Gasteiger charge is -2.28. The predicted octanol–water partition coefficient (Wildman–Crippen LogP) is 2.37. The Morgan fingerprint density at radius 2 is 1.93 bits per heavy atom. The van der Waals surface area contributed by atoms with E-state index in [4.69, 9.17) is 0 Å². The van der Waals surface area contributed by atoms with E-state index in [1.165, 1.54) is 38.5 Å². The first-order valence-electron chi connectivity index (χ1n) is 6.31. The topological polar surface area (TPSA) is 32.3 Å². The number of hydrogen-bond acceptors (Lipinski definition) is 1. The molecule has 0 aromatic carbocycles. The van der Waals surface area contributed by atoms with Gasteiger partial charge in [-0.3, -0.25) is 0 Å². The van der Waals surface area contributed by atoms with Gasteiger partial charge in [-0.05, 0) is 44.4 Å². The molecule has 86 valence electrons. The van der Waals surface area contributed by atoms with E-state index in [9.17, 15) is 4.79 Å². The highest BCUT2D eigenvalue weighted by Gasteiger charge is 2.25. The molecule has 3 heteroatoms. The van der Waals surface area contributed by atoms with Gasteiger partial charge < -0.3 is 10.2 Å². The minimum atomic E-state index is 0.175. The molecule has 2 amide bonds. The average Bonchev–Trinajstić information content (AvgIpc) is 2.65. The quantitative estimate of drug-likeness (QED) is 0.708. The molecular weight excluding hydrogens is 188 g/mol. The third kappa shape index (κ3) is 2.86. The molecule has 2 fully saturated rings. The molecule has 0 aromatic heterocycles. The van der Waals surface area contributed by atoms with Crippen molar-refractivity contribution in [2.24, 2.45) is 5.92 Å². The van der Waals surface area contributed by atoms with E-state index in [1.54, 1.807) is 0 Å². The second-order valence-corrected chi connectivity index (χ2v) is 5.11. The van der Waals surface area contributed by atoms with Gasteiger partial charge in [0.15, 0.2) is 0 Å². The molecule has 0 radical (unpaired) electrons. The van der Waals surface area contributed by atoms with Crippen LogP contribution >= 0.6 is 0 Å². The van der Waals surface area contributed by atoms with Crippen LogP contribution in [0, 0.1) is 5.92 Å². The predicted molar refractivity (Wildman–Crippen MR) is 60.8 cm³/mol. The number of piperidine rings is 1. The number of carbonyl (C=O) groups is 1. The average molecular weight is 210 g/mol. The molecule has 2 unspecified atom stereocenters. The maximum absolute atomic E-state index is 11.9. The molecule has 15 heavy (non-hydrogen) atoms. The van der Waals surface area contributed by atoms with Crippen LogP contribution in [0.3, 0.4) is 0 Å². The van der Waals surface area contributed by atoms with E-state index in [2.05, 4.69) is 12.2 Å². The summed E-state index contributed by atoms with van der Waals surface area (Å²) in [5.74, 6) is 0.789.